The third kappa shape index (κ3) is 8.84. The van der Waals surface area contributed by atoms with Gasteiger partial charge in [0.1, 0.15) is 0 Å². The van der Waals surface area contributed by atoms with Crippen molar-refractivity contribution in [3.63, 3.8) is 0 Å². The maximum atomic E-state index is 10.4. The van der Waals surface area contributed by atoms with Crippen LogP contribution in [-0.4, -0.2) is 23.5 Å². The molecule has 0 aromatic heterocycles. The van der Waals surface area contributed by atoms with Gasteiger partial charge in [0.25, 0.3) is 10.1 Å². The van der Waals surface area contributed by atoms with Gasteiger partial charge in [-0.2, -0.15) is 8.42 Å². The molecule has 0 amide bonds. The zero-order chi connectivity index (χ0) is 11.7. The first-order chi connectivity index (χ1) is 6.98. The molecule has 0 aromatic rings. The Balaban J connectivity index is 3.32. The van der Waals surface area contributed by atoms with Crippen LogP contribution in [-0.2, 0) is 10.1 Å². The largest absolute Gasteiger partial charge is 0.375 e. The van der Waals surface area contributed by atoms with Crippen LogP contribution in [0, 0.1) is 0 Å². The van der Waals surface area contributed by atoms with Crippen LogP contribution in [0.1, 0.15) is 58.3 Å². The Kier molecular flexibility index (Phi) is 8.00. The summed E-state index contributed by atoms with van der Waals surface area (Å²) in [7, 11) is -4.25. The first-order valence-electron chi connectivity index (χ1n) is 5.63. The minimum atomic E-state index is -4.25. The predicted molar refractivity (Wildman–Crippen MR) is 60.2 cm³/mol. The number of unbranched alkanes of at least 4 members (excludes halogenated alkanes) is 6. The molecule has 1 atom stereocenters. The van der Waals surface area contributed by atoms with Crippen LogP contribution in [0.5, 0.6) is 0 Å². The van der Waals surface area contributed by atoms with Gasteiger partial charge in [-0.05, 0) is 12.8 Å². The van der Waals surface area contributed by atoms with Gasteiger partial charge in [0.2, 0.25) is 0 Å². The molecule has 4 nitrogen and oxygen atoms in total. The minimum Gasteiger partial charge on any atom is -0.375 e. The normalized spacial score (nSPS) is 14.1. The fraction of sp³-hybridized carbons (Fsp3) is 1.00. The first-order valence-corrected chi connectivity index (χ1v) is 7.13. The molecule has 0 radical (unpaired) electrons. The van der Waals surface area contributed by atoms with E-state index < -0.39 is 15.6 Å². The van der Waals surface area contributed by atoms with Gasteiger partial charge < -0.3 is 5.11 Å². The number of rotatable bonds is 9. The van der Waals surface area contributed by atoms with Crippen molar-refractivity contribution in [1.82, 2.24) is 0 Å². The molecule has 5 heteroatoms. The Hall–Kier alpha value is -0.130. The van der Waals surface area contributed by atoms with Crippen LogP contribution in [0.3, 0.4) is 0 Å². The number of aliphatic hydroxyl groups excluding tert-OH is 1. The Labute approximate surface area is 92.4 Å². The van der Waals surface area contributed by atoms with Crippen molar-refractivity contribution in [3.05, 3.63) is 0 Å². The van der Waals surface area contributed by atoms with Crippen LogP contribution in [0.15, 0.2) is 0 Å². The molecule has 1 unspecified atom stereocenters. The fourth-order valence-electron chi connectivity index (χ4n) is 1.42. The van der Waals surface area contributed by atoms with E-state index in [4.69, 9.17) is 9.66 Å². The first kappa shape index (κ1) is 14.9. The lowest BCUT2D eigenvalue weighted by Crippen LogP contribution is -2.19. The smallest absolute Gasteiger partial charge is 0.291 e. The molecule has 0 aliphatic rings. The van der Waals surface area contributed by atoms with Crippen LogP contribution in [0.25, 0.3) is 0 Å². The highest BCUT2D eigenvalue weighted by Gasteiger charge is 2.18. The lowest BCUT2D eigenvalue weighted by atomic mass is 10.1. The van der Waals surface area contributed by atoms with Crippen molar-refractivity contribution in [2.75, 3.05) is 0 Å². The summed E-state index contributed by atoms with van der Waals surface area (Å²) in [5.74, 6) is 0. The van der Waals surface area contributed by atoms with Crippen molar-refractivity contribution in [3.8, 4) is 0 Å². The predicted octanol–water partition coefficient (Wildman–Crippen LogP) is 2.33. The van der Waals surface area contributed by atoms with E-state index >= 15 is 0 Å². The molecule has 0 heterocycles. The molecule has 0 saturated heterocycles. The van der Waals surface area contributed by atoms with E-state index in [9.17, 15) is 8.42 Å². The lowest BCUT2D eigenvalue weighted by Gasteiger charge is -2.06. The van der Waals surface area contributed by atoms with Crippen molar-refractivity contribution in [2.24, 2.45) is 0 Å². The van der Waals surface area contributed by atoms with Crippen LogP contribution in [0.4, 0.5) is 0 Å². The van der Waals surface area contributed by atoms with Crippen LogP contribution in [0.2, 0.25) is 0 Å². The Bertz CT molecular complexity index is 236. The topological polar surface area (TPSA) is 74.6 Å². The summed E-state index contributed by atoms with van der Waals surface area (Å²) in [6.07, 6.45) is 7.59. The van der Waals surface area contributed by atoms with Gasteiger partial charge in [0, 0.05) is 0 Å². The third-order valence-corrected chi connectivity index (χ3v) is 3.32. The van der Waals surface area contributed by atoms with Crippen molar-refractivity contribution >= 4 is 10.1 Å². The summed E-state index contributed by atoms with van der Waals surface area (Å²) in [6, 6.07) is 0. The number of hydrogen-bond donors (Lipinski definition) is 2. The van der Waals surface area contributed by atoms with Gasteiger partial charge >= 0.3 is 0 Å². The Morgan fingerprint density at radius 3 is 1.93 bits per heavy atom. The molecular formula is C10H22O4S. The standard InChI is InChI=1S/C10H22O4S/c1-2-3-4-5-6-7-8-9-10(11)15(12,13)14/h10-11H,2-9H2,1H3,(H,12,13,14). The van der Waals surface area contributed by atoms with Gasteiger partial charge in [0.15, 0.2) is 5.44 Å². The molecule has 0 saturated carbocycles. The number of aliphatic hydroxyl groups is 1. The van der Waals surface area contributed by atoms with E-state index in [-0.39, 0.29) is 6.42 Å². The van der Waals surface area contributed by atoms with E-state index in [0.717, 1.165) is 19.3 Å². The molecule has 0 aliphatic carbocycles. The fourth-order valence-corrected chi connectivity index (χ4v) is 1.89. The van der Waals surface area contributed by atoms with E-state index in [2.05, 4.69) is 6.92 Å². The average Bonchev–Trinajstić information content (AvgIpc) is 2.14. The van der Waals surface area contributed by atoms with Gasteiger partial charge in [-0.15, -0.1) is 0 Å². The molecule has 0 fully saturated rings. The highest BCUT2D eigenvalue weighted by atomic mass is 32.2. The Morgan fingerprint density at radius 1 is 1.00 bits per heavy atom. The molecule has 0 spiro atoms. The third-order valence-electron chi connectivity index (χ3n) is 2.40. The second-order valence-electron chi connectivity index (χ2n) is 3.88. The van der Waals surface area contributed by atoms with Crippen LogP contribution < -0.4 is 0 Å². The van der Waals surface area contributed by atoms with E-state index in [1.807, 2.05) is 0 Å². The summed E-state index contributed by atoms with van der Waals surface area (Å²) in [4.78, 5) is 0. The maximum Gasteiger partial charge on any atom is 0.291 e. The molecule has 0 rings (SSSR count). The minimum absolute atomic E-state index is 0.132. The van der Waals surface area contributed by atoms with Crippen molar-refractivity contribution in [2.45, 2.75) is 63.7 Å². The summed E-state index contributed by atoms with van der Waals surface area (Å²) in [6.45, 7) is 2.16. The average molecular weight is 238 g/mol. The summed E-state index contributed by atoms with van der Waals surface area (Å²) >= 11 is 0. The van der Waals surface area contributed by atoms with Gasteiger partial charge in [0.05, 0.1) is 0 Å². The second kappa shape index (κ2) is 8.07. The lowest BCUT2D eigenvalue weighted by molar-refractivity contribution is 0.219. The van der Waals surface area contributed by atoms with Gasteiger partial charge in [-0.3, -0.25) is 4.55 Å². The van der Waals surface area contributed by atoms with E-state index in [1.54, 1.807) is 0 Å². The van der Waals surface area contributed by atoms with Crippen molar-refractivity contribution < 1.29 is 18.1 Å². The maximum absolute atomic E-state index is 10.4. The van der Waals surface area contributed by atoms with Gasteiger partial charge in [-0.25, -0.2) is 0 Å². The van der Waals surface area contributed by atoms with E-state index in [1.165, 1.54) is 19.3 Å². The summed E-state index contributed by atoms with van der Waals surface area (Å²) in [5.41, 5.74) is -1.60. The summed E-state index contributed by atoms with van der Waals surface area (Å²) in [5, 5.41) is 8.99. The zero-order valence-corrected chi connectivity index (χ0v) is 10.2. The second-order valence-corrected chi connectivity index (χ2v) is 5.45. The van der Waals surface area contributed by atoms with E-state index in [0.29, 0.717) is 6.42 Å². The van der Waals surface area contributed by atoms with Crippen LogP contribution >= 0.6 is 0 Å². The Morgan fingerprint density at radius 2 is 1.47 bits per heavy atom. The molecule has 2 N–H and O–H groups in total. The van der Waals surface area contributed by atoms with Gasteiger partial charge in [-0.1, -0.05) is 45.4 Å². The zero-order valence-electron chi connectivity index (χ0n) is 9.35. The van der Waals surface area contributed by atoms with Crippen molar-refractivity contribution in [1.29, 1.82) is 0 Å². The molecule has 0 aliphatic heterocycles. The molecule has 15 heavy (non-hydrogen) atoms. The number of hydrogen-bond acceptors (Lipinski definition) is 3. The SMILES string of the molecule is CCCCCCCCCC(O)S(=O)(=O)O. The highest BCUT2D eigenvalue weighted by molar-refractivity contribution is 7.86. The molecule has 0 bridgehead atoms. The quantitative estimate of drug-likeness (QED) is 0.477. The molecular weight excluding hydrogens is 216 g/mol. The highest BCUT2D eigenvalue weighted by Crippen LogP contribution is 2.11. The monoisotopic (exact) mass is 238 g/mol. The summed E-state index contributed by atoms with van der Waals surface area (Å²) < 4.78 is 29.4. The molecule has 0 aromatic carbocycles. The molecule has 92 valence electrons.